The van der Waals surface area contributed by atoms with Crippen molar-refractivity contribution in [3.63, 3.8) is 0 Å². The molecule has 0 N–H and O–H groups in total. The Morgan fingerprint density at radius 3 is 2.63 bits per heavy atom. The van der Waals surface area contributed by atoms with E-state index in [1.54, 1.807) is 0 Å². The molecule has 0 radical (unpaired) electrons. The van der Waals surface area contributed by atoms with Gasteiger partial charge in [0.05, 0.1) is 5.38 Å². The monoisotopic (exact) mass is 400 g/mol. The summed E-state index contributed by atoms with van der Waals surface area (Å²) in [5.41, 5.74) is 1.33. The fourth-order valence-electron chi connectivity index (χ4n) is 4.57. The molecule has 142 valence electrons. The van der Waals surface area contributed by atoms with Gasteiger partial charge in [0.15, 0.2) is 0 Å². The molecule has 2 unspecified atom stereocenters. The molecule has 2 aromatic carbocycles. The van der Waals surface area contributed by atoms with Crippen LogP contribution in [0.5, 0.6) is 0 Å². The number of fused-ring (bicyclic) bond motifs is 1. The molecule has 4 atom stereocenters. The van der Waals surface area contributed by atoms with Crippen molar-refractivity contribution in [3.05, 3.63) is 70.4 Å². The first-order valence-corrected chi connectivity index (χ1v) is 11.3. The molecule has 0 amide bonds. The third-order valence-electron chi connectivity index (χ3n) is 6.05. The lowest BCUT2D eigenvalue weighted by atomic mass is 9.86. The Labute approximate surface area is 170 Å². The highest BCUT2D eigenvalue weighted by Gasteiger charge is 2.41. The van der Waals surface area contributed by atoms with E-state index in [-0.39, 0.29) is 11.3 Å². The predicted octanol–water partition coefficient (Wildman–Crippen LogP) is 7.44. The summed E-state index contributed by atoms with van der Waals surface area (Å²) in [7, 11) is 0. The van der Waals surface area contributed by atoms with Crippen molar-refractivity contribution in [2.24, 2.45) is 11.8 Å². The molecule has 1 aliphatic carbocycles. The largest absolute Gasteiger partial charge is 0.246 e. The van der Waals surface area contributed by atoms with Crippen LogP contribution in [-0.4, -0.2) is 11.5 Å². The van der Waals surface area contributed by atoms with E-state index in [1.165, 1.54) is 21.2 Å². The Morgan fingerprint density at radius 2 is 1.81 bits per heavy atom. The Morgan fingerprint density at radius 1 is 0.963 bits per heavy atom. The van der Waals surface area contributed by atoms with E-state index in [0.29, 0.717) is 12.3 Å². The number of hydrogen-bond acceptors (Lipinski definition) is 1. The van der Waals surface area contributed by atoms with E-state index in [0.717, 1.165) is 32.1 Å². The summed E-state index contributed by atoms with van der Waals surface area (Å²) < 4.78 is 14.3. The molecule has 3 heteroatoms. The van der Waals surface area contributed by atoms with Gasteiger partial charge in [0.25, 0.3) is 0 Å². The van der Waals surface area contributed by atoms with Gasteiger partial charge in [0.1, 0.15) is 6.17 Å². The number of rotatable bonds is 7. The highest BCUT2D eigenvalue weighted by atomic mass is 35.5. The van der Waals surface area contributed by atoms with Gasteiger partial charge in [-0.3, -0.25) is 0 Å². The molecule has 27 heavy (non-hydrogen) atoms. The molecule has 0 saturated heterocycles. The highest BCUT2D eigenvalue weighted by molar-refractivity contribution is 7.09. The first kappa shape index (κ1) is 19.0. The number of hydrogen-bond donors (Lipinski definition) is 0. The van der Waals surface area contributed by atoms with Crippen LogP contribution in [0.3, 0.4) is 0 Å². The van der Waals surface area contributed by atoms with Crippen molar-refractivity contribution in [1.82, 2.24) is 0 Å². The fourth-order valence-corrected chi connectivity index (χ4v) is 5.76. The van der Waals surface area contributed by atoms with Crippen molar-refractivity contribution in [2.45, 2.75) is 50.1 Å². The van der Waals surface area contributed by atoms with Gasteiger partial charge in [0, 0.05) is 4.88 Å². The summed E-state index contributed by atoms with van der Waals surface area (Å²) in [6.45, 7) is 0. The lowest BCUT2D eigenvalue weighted by molar-refractivity contribution is 0.329. The minimum atomic E-state index is -0.847. The normalized spacial score (nSPS) is 25.3. The van der Waals surface area contributed by atoms with E-state index < -0.39 is 6.17 Å². The number of benzene rings is 2. The van der Waals surface area contributed by atoms with Crippen LogP contribution in [0.1, 0.15) is 36.1 Å². The molecule has 1 heterocycles. The zero-order valence-corrected chi connectivity index (χ0v) is 17.1. The Bertz CT molecular complexity index is 860. The van der Waals surface area contributed by atoms with Crippen molar-refractivity contribution >= 4 is 33.7 Å². The maximum absolute atomic E-state index is 14.3. The molecule has 0 spiro atoms. The average Bonchev–Trinajstić information content (AvgIpc) is 3.29. The van der Waals surface area contributed by atoms with Crippen LogP contribution in [-0.2, 0) is 12.8 Å². The second-order valence-corrected chi connectivity index (χ2v) is 9.35. The van der Waals surface area contributed by atoms with Crippen LogP contribution in [0.2, 0.25) is 0 Å². The maximum atomic E-state index is 14.3. The standard InChI is InChI=1S/C24H26ClFS/c25-24-22(13-11-17-10-12-18-5-1-2-6-19(18)15-17)20(16-23(24)26)7-3-8-21-9-4-14-27-21/h1-2,4-6,9-10,12,14-15,20,22-24H,3,7-8,11,13,16H2/t20-,22+,23?,24?/m0/s1. The SMILES string of the molecule is FC1C[C@H](CCCc2cccs2)[C@@H](CCc2ccc3ccccc3c2)C1Cl. The van der Waals surface area contributed by atoms with Crippen LogP contribution >= 0.6 is 22.9 Å². The van der Waals surface area contributed by atoms with Gasteiger partial charge in [0.2, 0.25) is 0 Å². The van der Waals surface area contributed by atoms with Crippen molar-refractivity contribution in [1.29, 1.82) is 0 Å². The number of halogens is 2. The molecule has 1 saturated carbocycles. The van der Waals surface area contributed by atoms with Crippen LogP contribution in [0.25, 0.3) is 10.8 Å². The highest BCUT2D eigenvalue weighted by Crippen LogP contribution is 2.43. The van der Waals surface area contributed by atoms with Gasteiger partial charge in [-0.05, 0) is 78.1 Å². The minimum Gasteiger partial charge on any atom is -0.246 e. The average molecular weight is 401 g/mol. The van der Waals surface area contributed by atoms with E-state index >= 15 is 0 Å². The van der Waals surface area contributed by atoms with E-state index in [4.69, 9.17) is 11.6 Å². The van der Waals surface area contributed by atoms with Crippen LogP contribution < -0.4 is 0 Å². The summed E-state index contributed by atoms with van der Waals surface area (Å²) >= 11 is 8.31. The van der Waals surface area contributed by atoms with Crippen molar-refractivity contribution < 1.29 is 4.39 Å². The molecule has 3 aromatic rings. The maximum Gasteiger partial charge on any atom is 0.117 e. The number of thiophene rings is 1. The molecule has 0 aliphatic heterocycles. The summed E-state index contributed by atoms with van der Waals surface area (Å²) in [4.78, 5) is 1.43. The van der Waals surface area contributed by atoms with Gasteiger partial charge >= 0.3 is 0 Å². The zero-order chi connectivity index (χ0) is 18.6. The molecule has 1 aliphatic rings. The van der Waals surface area contributed by atoms with E-state index in [2.05, 4.69) is 60.0 Å². The zero-order valence-electron chi connectivity index (χ0n) is 15.5. The molecular formula is C24H26ClFS. The molecule has 4 rings (SSSR count). The number of aryl methyl sites for hydroxylation is 2. The Kier molecular flexibility index (Phi) is 6.14. The molecule has 1 aromatic heterocycles. The van der Waals surface area contributed by atoms with Crippen molar-refractivity contribution in [3.8, 4) is 0 Å². The van der Waals surface area contributed by atoms with Gasteiger partial charge in [-0.15, -0.1) is 22.9 Å². The van der Waals surface area contributed by atoms with E-state index in [9.17, 15) is 4.39 Å². The quantitative estimate of drug-likeness (QED) is 0.361. The summed E-state index contributed by atoms with van der Waals surface area (Å²) in [6, 6.07) is 19.4. The Balaban J connectivity index is 1.36. The second-order valence-electron chi connectivity index (χ2n) is 7.81. The minimum absolute atomic E-state index is 0.288. The first-order valence-electron chi connectivity index (χ1n) is 9.99. The summed E-state index contributed by atoms with van der Waals surface area (Å²) in [5, 5.41) is 4.36. The predicted molar refractivity (Wildman–Crippen MR) is 116 cm³/mol. The summed E-state index contributed by atoms with van der Waals surface area (Å²) in [6.07, 6.45) is 5.08. The van der Waals surface area contributed by atoms with Crippen LogP contribution in [0, 0.1) is 11.8 Å². The third kappa shape index (κ3) is 4.55. The fraction of sp³-hybridized carbons (Fsp3) is 0.417. The van der Waals surface area contributed by atoms with Gasteiger partial charge in [-0.25, -0.2) is 4.39 Å². The van der Waals surface area contributed by atoms with E-state index in [1.807, 2.05) is 11.3 Å². The van der Waals surface area contributed by atoms with Crippen molar-refractivity contribution in [2.75, 3.05) is 0 Å². The third-order valence-corrected chi connectivity index (χ3v) is 7.58. The lowest BCUT2D eigenvalue weighted by Gasteiger charge is -2.21. The van der Waals surface area contributed by atoms with Crippen LogP contribution in [0.4, 0.5) is 4.39 Å². The van der Waals surface area contributed by atoms with Crippen LogP contribution in [0.15, 0.2) is 60.0 Å². The topological polar surface area (TPSA) is 0 Å². The molecular weight excluding hydrogens is 375 g/mol. The van der Waals surface area contributed by atoms with Gasteiger partial charge in [-0.2, -0.15) is 0 Å². The molecule has 1 fully saturated rings. The molecule has 0 bridgehead atoms. The number of alkyl halides is 2. The lowest BCUT2D eigenvalue weighted by Crippen LogP contribution is -2.19. The summed E-state index contributed by atoms with van der Waals surface area (Å²) in [5.74, 6) is 0.708. The second kappa shape index (κ2) is 8.75. The van der Waals surface area contributed by atoms with Gasteiger partial charge < -0.3 is 0 Å². The first-order chi connectivity index (χ1) is 13.2. The van der Waals surface area contributed by atoms with Gasteiger partial charge in [-0.1, -0.05) is 48.5 Å². The smallest absolute Gasteiger partial charge is 0.117 e. The Hall–Kier alpha value is -1.38. The molecule has 0 nitrogen and oxygen atoms in total.